The Morgan fingerprint density at radius 3 is 1.27 bits per heavy atom. The highest BCUT2D eigenvalue weighted by atomic mass is 14.3. The highest BCUT2D eigenvalue weighted by molar-refractivity contribution is 5.38. The van der Waals surface area contributed by atoms with Gasteiger partial charge in [-0.2, -0.15) is 0 Å². The van der Waals surface area contributed by atoms with Gasteiger partial charge in [-0.1, -0.05) is 22.3 Å². The van der Waals surface area contributed by atoms with Crippen molar-refractivity contribution >= 4 is 0 Å². The zero-order valence-corrected chi connectivity index (χ0v) is 6.95. The highest BCUT2D eigenvalue weighted by Crippen LogP contribution is 2.46. The van der Waals surface area contributed by atoms with E-state index < -0.39 is 0 Å². The van der Waals surface area contributed by atoms with Crippen LogP contribution in [0.2, 0.25) is 0 Å². The summed E-state index contributed by atoms with van der Waals surface area (Å²) in [6.45, 7) is 0. The molecule has 0 radical (unpaired) electrons. The molecule has 0 aromatic carbocycles. The first-order valence-electron chi connectivity index (χ1n) is 4.83. The molecule has 0 heteroatoms. The van der Waals surface area contributed by atoms with Crippen molar-refractivity contribution in [3.63, 3.8) is 0 Å². The predicted molar refractivity (Wildman–Crippen MR) is 46.4 cm³/mol. The molecule has 0 N–H and O–H groups in total. The first kappa shape index (κ1) is 6.05. The van der Waals surface area contributed by atoms with E-state index in [4.69, 9.17) is 0 Å². The maximum absolute atomic E-state index is 1.83. The van der Waals surface area contributed by atoms with Crippen LogP contribution in [0.3, 0.4) is 0 Å². The number of allylic oxidation sites excluding steroid dienone is 4. The Balaban J connectivity index is 2.19. The van der Waals surface area contributed by atoms with Gasteiger partial charge in [0.05, 0.1) is 0 Å². The van der Waals surface area contributed by atoms with Crippen LogP contribution in [-0.4, -0.2) is 0 Å². The van der Waals surface area contributed by atoms with Gasteiger partial charge in [-0.15, -0.1) is 0 Å². The van der Waals surface area contributed by atoms with Crippen molar-refractivity contribution in [2.24, 2.45) is 0 Å². The minimum Gasteiger partial charge on any atom is -0.0700 e. The topological polar surface area (TPSA) is 0 Å². The third kappa shape index (κ3) is 0.756. The molecule has 0 aromatic rings. The van der Waals surface area contributed by atoms with Crippen LogP contribution in [0.25, 0.3) is 0 Å². The Hall–Kier alpha value is -0.520. The van der Waals surface area contributed by atoms with Crippen LogP contribution in [0.5, 0.6) is 0 Å². The van der Waals surface area contributed by atoms with Gasteiger partial charge < -0.3 is 0 Å². The molecule has 0 spiro atoms. The summed E-state index contributed by atoms with van der Waals surface area (Å²) >= 11 is 0. The molecule has 0 atom stereocenters. The summed E-state index contributed by atoms with van der Waals surface area (Å²) < 4.78 is 0. The molecule has 58 valence electrons. The van der Waals surface area contributed by atoms with Crippen molar-refractivity contribution in [3.05, 3.63) is 22.3 Å². The SMILES string of the molecule is C1CC2=C3CCC(=C1CC2)C3. The lowest BCUT2D eigenvalue weighted by molar-refractivity contribution is 0.702. The van der Waals surface area contributed by atoms with Gasteiger partial charge in [0.2, 0.25) is 0 Å². The van der Waals surface area contributed by atoms with Crippen LogP contribution < -0.4 is 0 Å². The fraction of sp³-hybridized carbons (Fsp3) is 0.636. The molecule has 0 saturated heterocycles. The Morgan fingerprint density at radius 2 is 0.818 bits per heavy atom. The van der Waals surface area contributed by atoms with E-state index in [2.05, 4.69) is 0 Å². The molecule has 4 aliphatic rings. The van der Waals surface area contributed by atoms with Gasteiger partial charge in [-0.25, -0.2) is 0 Å². The van der Waals surface area contributed by atoms with E-state index in [9.17, 15) is 0 Å². The van der Waals surface area contributed by atoms with E-state index >= 15 is 0 Å². The minimum absolute atomic E-state index is 1.38. The van der Waals surface area contributed by atoms with Crippen LogP contribution in [0.1, 0.15) is 44.9 Å². The Kier molecular flexibility index (Phi) is 1.10. The second-order valence-electron chi connectivity index (χ2n) is 4.09. The standard InChI is InChI=1S/C11H14/c1-2-9-4-3-8(1)10-5-6-11(9)7-10/h1-7H2. The first-order chi connectivity index (χ1) is 5.43. The van der Waals surface area contributed by atoms with E-state index in [1.165, 1.54) is 44.9 Å². The zero-order valence-electron chi connectivity index (χ0n) is 6.95. The molecule has 4 bridgehead atoms. The number of fused-ring (bicyclic) bond motifs is 2. The predicted octanol–water partition coefficient (Wildman–Crippen LogP) is 3.35. The van der Waals surface area contributed by atoms with Gasteiger partial charge in [-0.05, 0) is 44.9 Å². The molecular weight excluding hydrogens is 132 g/mol. The van der Waals surface area contributed by atoms with Crippen LogP contribution >= 0.6 is 0 Å². The molecule has 0 aromatic heterocycles. The second-order valence-corrected chi connectivity index (χ2v) is 4.09. The maximum Gasteiger partial charge on any atom is -0.0103 e. The van der Waals surface area contributed by atoms with E-state index in [0.29, 0.717) is 0 Å². The number of rotatable bonds is 0. The largest absolute Gasteiger partial charge is 0.0700 e. The van der Waals surface area contributed by atoms with Gasteiger partial charge in [0.1, 0.15) is 0 Å². The van der Waals surface area contributed by atoms with E-state index in [0.717, 1.165) is 0 Å². The van der Waals surface area contributed by atoms with Gasteiger partial charge in [-0.3, -0.25) is 0 Å². The third-order valence-electron chi connectivity index (χ3n) is 3.61. The van der Waals surface area contributed by atoms with Crippen LogP contribution in [0.15, 0.2) is 22.3 Å². The van der Waals surface area contributed by atoms with Crippen molar-refractivity contribution in [2.45, 2.75) is 44.9 Å². The van der Waals surface area contributed by atoms with Crippen molar-refractivity contribution in [1.29, 1.82) is 0 Å². The average molecular weight is 146 g/mol. The summed E-state index contributed by atoms with van der Waals surface area (Å²) in [4.78, 5) is 0. The fourth-order valence-electron chi connectivity index (χ4n) is 2.90. The lowest BCUT2D eigenvalue weighted by Gasteiger charge is -2.19. The summed E-state index contributed by atoms with van der Waals surface area (Å²) in [6.07, 6.45) is 9.84. The fourth-order valence-corrected chi connectivity index (χ4v) is 2.90. The molecule has 2 fully saturated rings. The van der Waals surface area contributed by atoms with Crippen LogP contribution in [-0.2, 0) is 0 Å². The van der Waals surface area contributed by atoms with E-state index in [1.54, 1.807) is 0 Å². The van der Waals surface area contributed by atoms with Gasteiger partial charge in [0.15, 0.2) is 0 Å². The third-order valence-corrected chi connectivity index (χ3v) is 3.61. The molecule has 11 heavy (non-hydrogen) atoms. The molecular formula is C11H14. The van der Waals surface area contributed by atoms with Crippen molar-refractivity contribution < 1.29 is 0 Å². The highest BCUT2D eigenvalue weighted by Gasteiger charge is 2.26. The quantitative estimate of drug-likeness (QED) is 0.460. The van der Waals surface area contributed by atoms with E-state index in [-0.39, 0.29) is 0 Å². The van der Waals surface area contributed by atoms with Crippen molar-refractivity contribution in [2.75, 3.05) is 0 Å². The molecule has 0 nitrogen and oxygen atoms in total. The van der Waals surface area contributed by atoms with Crippen LogP contribution in [0, 0.1) is 0 Å². The Labute approximate surface area is 68.0 Å². The van der Waals surface area contributed by atoms with Crippen molar-refractivity contribution in [3.8, 4) is 0 Å². The monoisotopic (exact) mass is 146 g/mol. The second kappa shape index (κ2) is 2.00. The van der Waals surface area contributed by atoms with E-state index in [1.807, 2.05) is 22.3 Å². The number of hydrogen-bond donors (Lipinski definition) is 0. The summed E-state index contributed by atoms with van der Waals surface area (Å²) in [5.74, 6) is 0. The first-order valence-corrected chi connectivity index (χ1v) is 4.83. The minimum atomic E-state index is 1.38. The smallest absolute Gasteiger partial charge is 0.0103 e. The summed E-state index contributed by atoms with van der Waals surface area (Å²) in [6, 6.07) is 0. The van der Waals surface area contributed by atoms with Gasteiger partial charge in [0.25, 0.3) is 0 Å². The molecule has 0 aliphatic heterocycles. The van der Waals surface area contributed by atoms with Gasteiger partial charge in [0, 0.05) is 0 Å². The Bertz CT molecular complexity index is 226. The maximum atomic E-state index is 1.83. The average Bonchev–Trinajstić information content (AvgIpc) is 2.38. The lowest BCUT2D eigenvalue weighted by Crippen LogP contribution is -1.99. The molecule has 2 saturated carbocycles. The summed E-state index contributed by atoms with van der Waals surface area (Å²) in [5.41, 5.74) is 7.32. The molecule has 4 rings (SSSR count). The number of hydrogen-bond acceptors (Lipinski definition) is 0. The van der Waals surface area contributed by atoms with Crippen molar-refractivity contribution in [1.82, 2.24) is 0 Å². The van der Waals surface area contributed by atoms with Gasteiger partial charge >= 0.3 is 0 Å². The zero-order chi connectivity index (χ0) is 7.26. The lowest BCUT2D eigenvalue weighted by atomic mass is 9.87. The Morgan fingerprint density at radius 1 is 0.455 bits per heavy atom. The molecule has 4 aliphatic carbocycles. The normalized spacial score (nSPS) is 28.4. The molecule has 0 heterocycles. The van der Waals surface area contributed by atoms with Crippen LogP contribution in [0.4, 0.5) is 0 Å². The molecule has 0 unspecified atom stereocenters. The molecule has 0 amide bonds. The summed E-state index contributed by atoms with van der Waals surface area (Å²) in [7, 11) is 0. The summed E-state index contributed by atoms with van der Waals surface area (Å²) in [5, 5.41) is 0.